The maximum absolute atomic E-state index is 12.0. The SMILES string of the molecule is O=C(O)CNS(=O)(=O)c1cccc(C(=O)NCC(F)(F)F)c1. The zero-order chi connectivity index (χ0) is 17.0. The highest BCUT2D eigenvalue weighted by Gasteiger charge is 2.28. The zero-order valence-corrected chi connectivity index (χ0v) is 11.7. The molecule has 0 bridgehead atoms. The first-order valence-corrected chi connectivity index (χ1v) is 7.16. The number of nitrogens with one attached hydrogen (secondary N) is 2. The summed E-state index contributed by atoms with van der Waals surface area (Å²) in [5, 5.41) is 10.0. The average Bonchev–Trinajstić information content (AvgIpc) is 2.42. The van der Waals surface area contributed by atoms with Crippen LogP contribution in [0.5, 0.6) is 0 Å². The summed E-state index contributed by atoms with van der Waals surface area (Å²) in [4.78, 5) is 21.4. The third kappa shape index (κ3) is 5.69. The molecule has 0 heterocycles. The first-order valence-electron chi connectivity index (χ1n) is 5.68. The molecule has 1 amide bonds. The van der Waals surface area contributed by atoms with E-state index in [-0.39, 0.29) is 5.56 Å². The van der Waals surface area contributed by atoms with Crippen LogP contribution in [0.2, 0.25) is 0 Å². The number of aliphatic carboxylic acids is 1. The molecule has 1 rings (SSSR count). The van der Waals surface area contributed by atoms with Crippen LogP contribution in [-0.2, 0) is 14.8 Å². The molecule has 0 radical (unpaired) electrons. The van der Waals surface area contributed by atoms with E-state index < -0.39 is 46.1 Å². The van der Waals surface area contributed by atoms with Crippen LogP contribution in [0, 0.1) is 0 Å². The fraction of sp³-hybridized carbons (Fsp3) is 0.273. The van der Waals surface area contributed by atoms with Gasteiger partial charge < -0.3 is 10.4 Å². The number of carboxylic acids is 1. The van der Waals surface area contributed by atoms with Crippen LogP contribution >= 0.6 is 0 Å². The molecular formula is C11H11F3N2O5S. The molecule has 3 N–H and O–H groups in total. The van der Waals surface area contributed by atoms with E-state index in [0.29, 0.717) is 0 Å². The molecule has 0 aliphatic rings. The second-order valence-electron chi connectivity index (χ2n) is 4.04. The minimum absolute atomic E-state index is 0.303. The molecule has 0 saturated carbocycles. The van der Waals surface area contributed by atoms with E-state index in [1.54, 1.807) is 10.0 Å². The summed E-state index contributed by atoms with van der Waals surface area (Å²) in [6.07, 6.45) is -4.59. The van der Waals surface area contributed by atoms with Crippen molar-refractivity contribution < 1.29 is 36.3 Å². The van der Waals surface area contributed by atoms with E-state index in [1.165, 1.54) is 0 Å². The summed E-state index contributed by atoms with van der Waals surface area (Å²) >= 11 is 0. The molecule has 0 atom stereocenters. The van der Waals surface area contributed by atoms with Gasteiger partial charge in [0, 0.05) is 5.56 Å². The number of benzene rings is 1. The lowest BCUT2D eigenvalue weighted by molar-refractivity contribution is -0.135. The van der Waals surface area contributed by atoms with Crippen LogP contribution in [-0.4, -0.2) is 44.7 Å². The predicted octanol–water partition coefficient (Wildman–Crippen LogP) is 0.342. The average molecular weight is 340 g/mol. The first kappa shape index (κ1) is 17.9. The van der Waals surface area contributed by atoms with Crippen LogP contribution in [0.15, 0.2) is 29.2 Å². The number of carbonyl (C=O) groups excluding carboxylic acids is 1. The van der Waals surface area contributed by atoms with Crippen molar-refractivity contribution in [2.45, 2.75) is 11.1 Å². The molecule has 0 fully saturated rings. The summed E-state index contributed by atoms with van der Waals surface area (Å²) in [5.41, 5.74) is -0.303. The third-order valence-corrected chi connectivity index (χ3v) is 3.67. The monoisotopic (exact) mass is 340 g/mol. The molecule has 11 heteroatoms. The smallest absolute Gasteiger partial charge is 0.405 e. The van der Waals surface area contributed by atoms with Gasteiger partial charge in [-0.2, -0.15) is 17.9 Å². The highest BCUT2D eigenvalue weighted by molar-refractivity contribution is 7.89. The van der Waals surface area contributed by atoms with Gasteiger partial charge in [0.2, 0.25) is 10.0 Å². The second-order valence-corrected chi connectivity index (χ2v) is 5.81. The van der Waals surface area contributed by atoms with E-state index in [1.807, 2.05) is 0 Å². The number of sulfonamides is 1. The number of amides is 1. The Hall–Kier alpha value is -2.14. The van der Waals surface area contributed by atoms with Gasteiger partial charge >= 0.3 is 12.1 Å². The Labute approximate surface area is 123 Å². The number of halogens is 3. The van der Waals surface area contributed by atoms with Crippen LogP contribution < -0.4 is 10.0 Å². The number of alkyl halides is 3. The zero-order valence-electron chi connectivity index (χ0n) is 10.8. The van der Waals surface area contributed by atoms with Gasteiger partial charge in [-0.25, -0.2) is 8.42 Å². The highest BCUT2D eigenvalue weighted by atomic mass is 32.2. The lowest BCUT2D eigenvalue weighted by atomic mass is 10.2. The molecule has 0 unspecified atom stereocenters. The minimum atomic E-state index is -4.59. The fourth-order valence-corrected chi connectivity index (χ4v) is 2.35. The van der Waals surface area contributed by atoms with Crippen LogP contribution in [0.3, 0.4) is 0 Å². The summed E-state index contributed by atoms with van der Waals surface area (Å²) < 4.78 is 61.2. The Bertz CT molecular complexity index is 673. The van der Waals surface area contributed by atoms with Gasteiger partial charge in [0.05, 0.1) is 4.90 Å². The van der Waals surface area contributed by atoms with E-state index in [4.69, 9.17) is 5.11 Å². The number of hydrogen-bond donors (Lipinski definition) is 3. The normalized spacial score (nSPS) is 12.0. The minimum Gasteiger partial charge on any atom is -0.480 e. The van der Waals surface area contributed by atoms with Crippen molar-refractivity contribution in [3.8, 4) is 0 Å². The van der Waals surface area contributed by atoms with Gasteiger partial charge in [0.25, 0.3) is 5.91 Å². The Morgan fingerprint density at radius 1 is 1.23 bits per heavy atom. The quantitative estimate of drug-likeness (QED) is 0.691. The molecule has 0 aromatic heterocycles. The molecule has 7 nitrogen and oxygen atoms in total. The van der Waals surface area contributed by atoms with Crippen molar-refractivity contribution in [1.82, 2.24) is 10.0 Å². The molecule has 0 saturated heterocycles. The lowest BCUT2D eigenvalue weighted by Crippen LogP contribution is -2.34. The van der Waals surface area contributed by atoms with Crippen LogP contribution in [0.4, 0.5) is 13.2 Å². The summed E-state index contributed by atoms with van der Waals surface area (Å²) in [6.45, 7) is -2.42. The Morgan fingerprint density at radius 3 is 2.41 bits per heavy atom. The summed E-state index contributed by atoms with van der Waals surface area (Å²) in [6, 6.07) is 4.19. The molecule has 122 valence electrons. The third-order valence-electron chi connectivity index (χ3n) is 2.27. The molecule has 1 aromatic rings. The van der Waals surface area contributed by atoms with Gasteiger partial charge in [0.1, 0.15) is 13.1 Å². The van der Waals surface area contributed by atoms with E-state index >= 15 is 0 Å². The van der Waals surface area contributed by atoms with Crippen LogP contribution in [0.25, 0.3) is 0 Å². The van der Waals surface area contributed by atoms with Crippen LogP contribution in [0.1, 0.15) is 10.4 Å². The molecule has 22 heavy (non-hydrogen) atoms. The molecule has 0 spiro atoms. The lowest BCUT2D eigenvalue weighted by Gasteiger charge is -2.09. The summed E-state index contributed by atoms with van der Waals surface area (Å²) in [7, 11) is -4.19. The van der Waals surface area contributed by atoms with Crippen molar-refractivity contribution >= 4 is 21.9 Å². The number of hydrogen-bond acceptors (Lipinski definition) is 4. The standard InChI is InChI=1S/C11H11F3N2O5S/c12-11(13,14)6-15-10(19)7-2-1-3-8(4-7)22(20,21)16-5-9(17)18/h1-4,16H,5-6H2,(H,15,19)(H,17,18). The van der Waals surface area contributed by atoms with Crippen molar-refractivity contribution in [3.05, 3.63) is 29.8 Å². The van der Waals surface area contributed by atoms with Gasteiger partial charge in [-0.1, -0.05) is 6.07 Å². The van der Waals surface area contributed by atoms with Gasteiger partial charge in [-0.3, -0.25) is 9.59 Å². The summed E-state index contributed by atoms with van der Waals surface area (Å²) in [5.74, 6) is -2.52. The first-order chi connectivity index (χ1) is 10.0. The van der Waals surface area contributed by atoms with E-state index in [0.717, 1.165) is 24.3 Å². The predicted molar refractivity (Wildman–Crippen MR) is 67.7 cm³/mol. The highest BCUT2D eigenvalue weighted by Crippen LogP contribution is 2.14. The number of rotatable bonds is 6. The molecular weight excluding hydrogens is 329 g/mol. The Kier molecular flexibility index (Phi) is 5.49. The maximum atomic E-state index is 12.0. The van der Waals surface area contributed by atoms with Crippen molar-refractivity contribution in [3.63, 3.8) is 0 Å². The molecule has 0 aliphatic carbocycles. The topological polar surface area (TPSA) is 113 Å². The van der Waals surface area contributed by atoms with E-state index in [9.17, 15) is 31.2 Å². The second kappa shape index (κ2) is 6.75. The maximum Gasteiger partial charge on any atom is 0.405 e. The molecule has 0 aliphatic heterocycles. The van der Waals surface area contributed by atoms with Gasteiger partial charge in [-0.05, 0) is 18.2 Å². The fourth-order valence-electron chi connectivity index (χ4n) is 1.33. The molecule has 1 aromatic carbocycles. The largest absolute Gasteiger partial charge is 0.480 e. The van der Waals surface area contributed by atoms with Gasteiger partial charge in [0.15, 0.2) is 0 Å². The van der Waals surface area contributed by atoms with Crippen molar-refractivity contribution in [2.75, 3.05) is 13.1 Å². The number of carboxylic acid groups (broad SMARTS) is 1. The Balaban J connectivity index is 2.90. The van der Waals surface area contributed by atoms with Crippen molar-refractivity contribution in [2.24, 2.45) is 0 Å². The number of carbonyl (C=O) groups is 2. The Morgan fingerprint density at radius 2 is 1.86 bits per heavy atom. The van der Waals surface area contributed by atoms with E-state index in [2.05, 4.69) is 0 Å². The van der Waals surface area contributed by atoms with Gasteiger partial charge in [-0.15, -0.1) is 0 Å². The van der Waals surface area contributed by atoms with Crippen molar-refractivity contribution in [1.29, 1.82) is 0 Å².